The van der Waals surface area contributed by atoms with Crippen LogP contribution in [0.4, 0.5) is 0 Å². The van der Waals surface area contributed by atoms with Gasteiger partial charge in [0.15, 0.2) is 0 Å². The average molecular weight is 205 g/mol. The van der Waals surface area contributed by atoms with E-state index in [2.05, 4.69) is 32.7 Å². The first-order valence-electron chi connectivity index (χ1n) is 5.47. The molecule has 0 saturated heterocycles. The Bertz CT molecular complexity index is 394. The van der Waals surface area contributed by atoms with Crippen molar-refractivity contribution in [3.05, 3.63) is 23.5 Å². The number of rotatable bonds is 0. The molecule has 2 heteroatoms. The van der Waals surface area contributed by atoms with Crippen molar-refractivity contribution < 1.29 is 4.74 Å². The third-order valence-corrected chi connectivity index (χ3v) is 2.89. The number of aromatic nitrogens is 1. The summed E-state index contributed by atoms with van der Waals surface area (Å²) in [7, 11) is 0. The molecular weight excluding hydrogens is 186 g/mol. The minimum absolute atomic E-state index is 0.0898. The van der Waals surface area contributed by atoms with Gasteiger partial charge in [0.05, 0.1) is 5.69 Å². The zero-order valence-corrected chi connectivity index (χ0v) is 10.2. The van der Waals surface area contributed by atoms with Crippen molar-refractivity contribution in [1.82, 2.24) is 4.98 Å². The highest BCUT2D eigenvalue weighted by molar-refractivity contribution is 5.37. The van der Waals surface area contributed by atoms with Crippen LogP contribution in [0.5, 0.6) is 5.75 Å². The SMILES string of the molecule is Cc1ccc2c(n1)C(C)(C)CC(C)(C)O2. The van der Waals surface area contributed by atoms with Gasteiger partial charge in [-0.2, -0.15) is 0 Å². The zero-order chi connectivity index (χ0) is 11.3. The Hall–Kier alpha value is -1.05. The Morgan fingerprint density at radius 1 is 1.20 bits per heavy atom. The van der Waals surface area contributed by atoms with Crippen molar-refractivity contribution in [2.45, 2.75) is 52.1 Å². The Kier molecular flexibility index (Phi) is 2.07. The molecule has 2 rings (SSSR count). The topological polar surface area (TPSA) is 22.1 Å². The minimum atomic E-state index is -0.0898. The fourth-order valence-corrected chi connectivity index (χ4v) is 2.59. The summed E-state index contributed by atoms with van der Waals surface area (Å²) in [5, 5.41) is 0. The summed E-state index contributed by atoms with van der Waals surface area (Å²) >= 11 is 0. The summed E-state index contributed by atoms with van der Waals surface area (Å²) in [4.78, 5) is 4.61. The minimum Gasteiger partial charge on any atom is -0.486 e. The van der Waals surface area contributed by atoms with Gasteiger partial charge in [-0.25, -0.2) is 0 Å². The molecule has 2 heterocycles. The predicted molar refractivity (Wildman–Crippen MR) is 61.3 cm³/mol. The molecule has 0 aromatic carbocycles. The van der Waals surface area contributed by atoms with E-state index in [0.717, 1.165) is 23.6 Å². The number of hydrogen-bond acceptors (Lipinski definition) is 2. The Balaban J connectivity index is 2.55. The van der Waals surface area contributed by atoms with Gasteiger partial charge in [0.1, 0.15) is 11.4 Å². The Morgan fingerprint density at radius 2 is 1.87 bits per heavy atom. The first-order valence-corrected chi connectivity index (χ1v) is 5.47. The van der Waals surface area contributed by atoms with Crippen molar-refractivity contribution >= 4 is 0 Å². The highest BCUT2D eigenvalue weighted by Crippen LogP contribution is 2.43. The van der Waals surface area contributed by atoms with Gasteiger partial charge in [0, 0.05) is 11.1 Å². The lowest BCUT2D eigenvalue weighted by atomic mass is 9.76. The van der Waals surface area contributed by atoms with E-state index in [4.69, 9.17) is 4.74 Å². The molecule has 1 aromatic heterocycles. The van der Waals surface area contributed by atoms with Gasteiger partial charge in [0.2, 0.25) is 0 Å². The number of nitrogens with zero attached hydrogens (tertiary/aromatic N) is 1. The van der Waals surface area contributed by atoms with Gasteiger partial charge in [-0.3, -0.25) is 4.98 Å². The maximum Gasteiger partial charge on any atom is 0.142 e. The van der Waals surface area contributed by atoms with Crippen LogP contribution >= 0.6 is 0 Å². The Morgan fingerprint density at radius 3 is 2.53 bits per heavy atom. The van der Waals surface area contributed by atoms with E-state index in [1.165, 1.54) is 0 Å². The maximum absolute atomic E-state index is 5.95. The van der Waals surface area contributed by atoms with Crippen molar-refractivity contribution in [2.24, 2.45) is 0 Å². The summed E-state index contributed by atoms with van der Waals surface area (Å²) < 4.78 is 5.95. The number of ether oxygens (including phenoxy) is 1. The largest absolute Gasteiger partial charge is 0.486 e. The van der Waals surface area contributed by atoms with Crippen LogP contribution in [0, 0.1) is 6.92 Å². The molecule has 0 atom stereocenters. The van der Waals surface area contributed by atoms with Crippen LogP contribution in [0.1, 0.15) is 45.5 Å². The van der Waals surface area contributed by atoms with Crippen LogP contribution in [-0.2, 0) is 5.41 Å². The van der Waals surface area contributed by atoms with Gasteiger partial charge in [-0.1, -0.05) is 13.8 Å². The van der Waals surface area contributed by atoms with E-state index in [1.54, 1.807) is 0 Å². The van der Waals surface area contributed by atoms with Crippen LogP contribution in [0.2, 0.25) is 0 Å². The number of hydrogen-bond donors (Lipinski definition) is 0. The van der Waals surface area contributed by atoms with Crippen LogP contribution in [0.3, 0.4) is 0 Å². The third kappa shape index (κ3) is 1.85. The molecule has 1 aliphatic heterocycles. The van der Waals surface area contributed by atoms with Gasteiger partial charge >= 0.3 is 0 Å². The van der Waals surface area contributed by atoms with Crippen molar-refractivity contribution in [2.75, 3.05) is 0 Å². The molecule has 1 aromatic rings. The van der Waals surface area contributed by atoms with Crippen molar-refractivity contribution in [3.63, 3.8) is 0 Å². The average Bonchev–Trinajstić information content (AvgIpc) is 2.03. The molecule has 0 aliphatic carbocycles. The molecule has 0 amide bonds. The second-order valence-electron chi connectivity index (χ2n) is 5.72. The second kappa shape index (κ2) is 2.97. The van der Waals surface area contributed by atoms with Gasteiger partial charge in [-0.15, -0.1) is 0 Å². The molecule has 15 heavy (non-hydrogen) atoms. The highest BCUT2D eigenvalue weighted by Gasteiger charge is 2.39. The van der Waals surface area contributed by atoms with Gasteiger partial charge < -0.3 is 4.74 Å². The van der Waals surface area contributed by atoms with E-state index in [0.29, 0.717) is 0 Å². The van der Waals surface area contributed by atoms with Gasteiger partial charge in [0.25, 0.3) is 0 Å². The molecule has 0 saturated carbocycles. The van der Waals surface area contributed by atoms with E-state index in [1.807, 2.05) is 19.1 Å². The predicted octanol–water partition coefficient (Wildman–Crippen LogP) is 3.23. The molecule has 0 bridgehead atoms. The molecule has 0 unspecified atom stereocenters. The van der Waals surface area contributed by atoms with Crippen molar-refractivity contribution in [1.29, 1.82) is 0 Å². The Labute approximate surface area is 91.7 Å². The summed E-state index contributed by atoms with van der Waals surface area (Å²) in [5.41, 5.74) is 2.17. The maximum atomic E-state index is 5.95. The molecule has 1 aliphatic rings. The standard InChI is InChI=1S/C13H19NO/c1-9-6-7-10-11(14-9)12(2,3)8-13(4,5)15-10/h6-7H,8H2,1-5H3. The molecule has 0 fully saturated rings. The summed E-state index contributed by atoms with van der Waals surface area (Å²) in [6, 6.07) is 4.05. The van der Waals surface area contributed by atoms with Crippen LogP contribution in [0.15, 0.2) is 12.1 Å². The van der Waals surface area contributed by atoms with Crippen LogP contribution < -0.4 is 4.74 Å². The van der Waals surface area contributed by atoms with Crippen molar-refractivity contribution in [3.8, 4) is 5.75 Å². The summed E-state index contributed by atoms with van der Waals surface area (Å²) in [6.07, 6.45) is 1.00. The lowest BCUT2D eigenvalue weighted by molar-refractivity contribution is 0.0508. The quantitative estimate of drug-likeness (QED) is 0.648. The second-order valence-corrected chi connectivity index (χ2v) is 5.72. The number of pyridine rings is 1. The van der Waals surface area contributed by atoms with Crippen LogP contribution in [0.25, 0.3) is 0 Å². The van der Waals surface area contributed by atoms with Crippen LogP contribution in [-0.4, -0.2) is 10.6 Å². The van der Waals surface area contributed by atoms with E-state index < -0.39 is 0 Å². The highest BCUT2D eigenvalue weighted by atomic mass is 16.5. The monoisotopic (exact) mass is 205 g/mol. The first-order chi connectivity index (χ1) is 6.80. The number of fused-ring (bicyclic) bond motifs is 1. The van der Waals surface area contributed by atoms with E-state index in [-0.39, 0.29) is 11.0 Å². The fraction of sp³-hybridized carbons (Fsp3) is 0.615. The smallest absolute Gasteiger partial charge is 0.142 e. The summed E-state index contributed by atoms with van der Waals surface area (Å²) in [5.74, 6) is 0.946. The zero-order valence-electron chi connectivity index (χ0n) is 10.2. The molecular formula is C13H19NO. The van der Waals surface area contributed by atoms with E-state index >= 15 is 0 Å². The molecule has 0 radical (unpaired) electrons. The summed E-state index contributed by atoms with van der Waals surface area (Å²) in [6.45, 7) is 10.8. The fourth-order valence-electron chi connectivity index (χ4n) is 2.59. The lowest BCUT2D eigenvalue weighted by Gasteiger charge is -2.41. The number of aryl methyl sites for hydroxylation is 1. The molecule has 0 N–H and O–H groups in total. The normalized spacial score (nSPS) is 21.7. The molecule has 82 valence electrons. The molecule has 2 nitrogen and oxygen atoms in total. The third-order valence-electron chi connectivity index (χ3n) is 2.89. The molecule has 0 spiro atoms. The van der Waals surface area contributed by atoms with Gasteiger partial charge in [-0.05, 0) is 39.3 Å². The lowest BCUT2D eigenvalue weighted by Crippen LogP contribution is -2.42. The van der Waals surface area contributed by atoms with E-state index in [9.17, 15) is 0 Å². The first kappa shape index (κ1) is 10.5.